The Kier molecular flexibility index (Phi) is 9.42. The minimum Gasteiger partial charge on any atom is -0.494 e. The fourth-order valence-corrected chi connectivity index (χ4v) is 2.68. The summed E-state index contributed by atoms with van der Waals surface area (Å²) in [7, 11) is 0. The van der Waals surface area contributed by atoms with Crippen LogP contribution in [0.4, 0.5) is 0 Å². The van der Waals surface area contributed by atoms with Crippen molar-refractivity contribution in [1.29, 1.82) is 0 Å². The average molecular weight is 387 g/mol. The van der Waals surface area contributed by atoms with Gasteiger partial charge in [-0.3, -0.25) is 4.79 Å². The van der Waals surface area contributed by atoms with Crippen molar-refractivity contribution in [3.8, 4) is 5.75 Å². The highest BCUT2D eigenvalue weighted by Crippen LogP contribution is 2.13. The molecule has 5 heteroatoms. The van der Waals surface area contributed by atoms with Gasteiger partial charge in [-0.25, -0.2) is 5.43 Å². The molecule has 0 aromatic heterocycles. The first-order chi connectivity index (χ1) is 13.2. The second kappa shape index (κ2) is 12.1. The summed E-state index contributed by atoms with van der Waals surface area (Å²) in [5.41, 5.74) is 3.90. The summed E-state index contributed by atoms with van der Waals surface area (Å²) in [6.07, 6.45) is 9.11. The molecule has 0 radical (unpaired) electrons. The molecular weight excluding hydrogens is 360 g/mol. The number of nitrogens with one attached hydrogen (secondary N) is 1. The van der Waals surface area contributed by atoms with Crippen LogP contribution in [0.2, 0.25) is 5.02 Å². The number of nitrogens with zero attached hydrogens (tertiary/aromatic N) is 1. The zero-order chi connectivity index (χ0) is 19.3. The third-order valence-corrected chi connectivity index (χ3v) is 4.38. The third kappa shape index (κ3) is 8.27. The van der Waals surface area contributed by atoms with Gasteiger partial charge in [0.25, 0.3) is 5.91 Å². The topological polar surface area (TPSA) is 50.7 Å². The van der Waals surface area contributed by atoms with Crippen LogP contribution in [0.3, 0.4) is 0 Å². The number of hydrazone groups is 1. The summed E-state index contributed by atoms with van der Waals surface area (Å²) in [5.74, 6) is 0.577. The lowest BCUT2D eigenvalue weighted by Gasteiger charge is -2.06. The van der Waals surface area contributed by atoms with Crippen LogP contribution in [0.25, 0.3) is 0 Å². The van der Waals surface area contributed by atoms with E-state index in [1.807, 2.05) is 24.3 Å². The molecule has 0 atom stereocenters. The highest BCUT2D eigenvalue weighted by molar-refractivity contribution is 6.30. The molecule has 0 spiro atoms. The van der Waals surface area contributed by atoms with E-state index >= 15 is 0 Å². The Balaban J connectivity index is 1.69. The molecular formula is C22H27ClN2O2. The van der Waals surface area contributed by atoms with E-state index in [2.05, 4.69) is 17.5 Å². The van der Waals surface area contributed by atoms with E-state index in [0.29, 0.717) is 10.6 Å². The molecule has 0 saturated carbocycles. The molecule has 0 bridgehead atoms. The first-order valence-electron chi connectivity index (χ1n) is 9.51. The Morgan fingerprint density at radius 1 is 1.00 bits per heavy atom. The number of halogens is 1. The van der Waals surface area contributed by atoms with Crippen LogP contribution < -0.4 is 10.2 Å². The van der Waals surface area contributed by atoms with Crippen LogP contribution in [-0.2, 0) is 0 Å². The summed E-state index contributed by atoms with van der Waals surface area (Å²) in [6, 6.07) is 14.3. The number of unbranched alkanes of at least 4 members (excludes halogenated alkanes) is 5. The molecule has 1 N–H and O–H groups in total. The van der Waals surface area contributed by atoms with Gasteiger partial charge >= 0.3 is 0 Å². The molecule has 2 rings (SSSR count). The van der Waals surface area contributed by atoms with Gasteiger partial charge in [-0.2, -0.15) is 5.10 Å². The number of ether oxygens (including phenoxy) is 1. The van der Waals surface area contributed by atoms with Crippen LogP contribution in [0.15, 0.2) is 53.6 Å². The molecule has 0 heterocycles. The second-order valence-electron chi connectivity index (χ2n) is 6.39. The lowest BCUT2D eigenvalue weighted by atomic mass is 10.1. The summed E-state index contributed by atoms with van der Waals surface area (Å²) in [4.78, 5) is 11.9. The van der Waals surface area contributed by atoms with Crippen LogP contribution >= 0.6 is 11.6 Å². The highest BCUT2D eigenvalue weighted by atomic mass is 35.5. The zero-order valence-electron chi connectivity index (χ0n) is 15.8. The monoisotopic (exact) mass is 386 g/mol. The fourth-order valence-electron chi connectivity index (χ4n) is 2.55. The molecule has 0 fully saturated rings. The molecule has 2 aromatic carbocycles. The molecule has 0 saturated heterocycles. The van der Waals surface area contributed by atoms with Crippen molar-refractivity contribution >= 4 is 23.7 Å². The largest absolute Gasteiger partial charge is 0.494 e. The highest BCUT2D eigenvalue weighted by Gasteiger charge is 2.03. The van der Waals surface area contributed by atoms with Gasteiger partial charge in [0.1, 0.15) is 5.75 Å². The molecule has 0 unspecified atom stereocenters. The van der Waals surface area contributed by atoms with Gasteiger partial charge < -0.3 is 4.74 Å². The molecule has 2 aromatic rings. The van der Waals surface area contributed by atoms with E-state index in [4.69, 9.17) is 16.3 Å². The van der Waals surface area contributed by atoms with Crippen LogP contribution in [0, 0.1) is 0 Å². The smallest absolute Gasteiger partial charge is 0.271 e. The number of carbonyl (C=O) groups is 1. The SMILES string of the molecule is CCCCCCCCOc1ccc(C=NNC(=O)c2ccc(Cl)cc2)cc1. The number of hydrogen-bond donors (Lipinski definition) is 1. The van der Waals surface area contributed by atoms with Crippen LogP contribution in [0.5, 0.6) is 5.75 Å². The van der Waals surface area contributed by atoms with E-state index in [-0.39, 0.29) is 5.91 Å². The van der Waals surface area contributed by atoms with Crippen molar-refractivity contribution in [2.45, 2.75) is 45.4 Å². The maximum Gasteiger partial charge on any atom is 0.271 e. The van der Waals surface area contributed by atoms with Gasteiger partial charge in [-0.15, -0.1) is 0 Å². The minimum atomic E-state index is -0.276. The number of benzene rings is 2. The number of amides is 1. The quantitative estimate of drug-likeness (QED) is 0.299. The lowest BCUT2D eigenvalue weighted by Crippen LogP contribution is -2.17. The summed E-state index contributed by atoms with van der Waals surface area (Å²) in [6.45, 7) is 2.97. The van der Waals surface area contributed by atoms with Gasteiger partial charge in [-0.05, 0) is 60.5 Å². The van der Waals surface area contributed by atoms with Crippen molar-refractivity contribution in [2.75, 3.05) is 6.61 Å². The lowest BCUT2D eigenvalue weighted by molar-refractivity contribution is 0.0955. The Bertz CT molecular complexity index is 712. The van der Waals surface area contributed by atoms with Crippen molar-refractivity contribution in [3.63, 3.8) is 0 Å². The maximum absolute atomic E-state index is 11.9. The first-order valence-corrected chi connectivity index (χ1v) is 9.88. The first kappa shape index (κ1) is 21.0. The van der Waals surface area contributed by atoms with Gasteiger partial charge in [0.05, 0.1) is 12.8 Å². The minimum absolute atomic E-state index is 0.276. The van der Waals surface area contributed by atoms with E-state index in [0.717, 1.165) is 24.3 Å². The van der Waals surface area contributed by atoms with E-state index < -0.39 is 0 Å². The van der Waals surface area contributed by atoms with Crippen LogP contribution in [-0.4, -0.2) is 18.7 Å². The van der Waals surface area contributed by atoms with Gasteiger partial charge in [0.2, 0.25) is 0 Å². The van der Waals surface area contributed by atoms with Crippen molar-refractivity contribution < 1.29 is 9.53 Å². The Hall–Kier alpha value is -2.33. The zero-order valence-corrected chi connectivity index (χ0v) is 16.5. The summed E-state index contributed by atoms with van der Waals surface area (Å²) < 4.78 is 5.75. The van der Waals surface area contributed by atoms with E-state index in [1.54, 1.807) is 30.5 Å². The van der Waals surface area contributed by atoms with Gasteiger partial charge in [0, 0.05) is 10.6 Å². The Morgan fingerprint density at radius 2 is 1.67 bits per heavy atom. The number of rotatable bonds is 11. The predicted molar refractivity (Wildman–Crippen MR) is 112 cm³/mol. The molecule has 144 valence electrons. The molecule has 0 aliphatic heterocycles. The van der Waals surface area contributed by atoms with Crippen molar-refractivity contribution in [1.82, 2.24) is 5.43 Å². The van der Waals surface area contributed by atoms with Crippen LogP contribution in [0.1, 0.15) is 61.4 Å². The van der Waals surface area contributed by atoms with Crippen molar-refractivity contribution in [3.05, 3.63) is 64.7 Å². The maximum atomic E-state index is 11.9. The predicted octanol–water partition coefficient (Wildman–Crippen LogP) is 5.84. The van der Waals surface area contributed by atoms with E-state index in [1.165, 1.54) is 32.1 Å². The summed E-state index contributed by atoms with van der Waals surface area (Å²) in [5, 5.41) is 4.57. The molecule has 1 amide bonds. The normalized spacial score (nSPS) is 10.9. The Morgan fingerprint density at radius 3 is 2.37 bits per heavy atom. The standard InChI is InChI=1S/C22H27ClN2O2/c1-2-3-4-5-6-7-16-27-21-14-8-18(9-15-21)17-24-25-22(26)19-10-12-20(23)13-11-19/h8-15,17H,2-7,16H2,1H3,(H,25,26). The van der Waals surface area contributed by atoms with Crippen molar-refractivity contribution in [2.24, 2.45) is 5.10 Å². The fraction of sp³-hybridized carbons (Fsp3) is 0.364. The number of carbonyl (C=O) groups excluding carboxylic acids is 1. The average Bonchev–Trinajstić information content (AvgIpc) is 2.69. The summed E-state index contributed by atoms with van der Waals surface area (Å²) >= 11 is 5.81. The number of hydrogen-bond acceptors (Lipinski definition) is 3. The van der Waals surface area contributed by atoms with Gasteiger partial charge in [-0.1, -0.05) is 50.6 Å². The molecule has 4 nitrogen and oxygen atoms in total. The second-order valence-corrected chi connectivity index (χ2v) is 6.83. The molecule has 0 aliphatic rings. The van der Waals surface area contributed by atoms with Gasteiger partial charge in [0.15, 0.2) is 0 Å². The third-order valence-electron chi connectivity index (χ3n) is 4.13. The Labute approximate surface area is 166 Å². The van der Waals surface area contributed by atoms with E-state index in [9.17, 15) is 4.79 Å². The molecule has 0 aliphatic carbocycles. The molecule has 27 heavy (non-hydrogen) atoms.